The summed E-state index contributed by atoms with van der Waals surface area (Å²) in [6, 6.07) is 8.03. The predicted molar refractivity (Wildman–Crippen MR) is 173 cm³/mol. The second kappa shape index (κ2) is 20.4. The lowest BCUT2D eigenvalue weighted by molar-refractivity contribution is -0.137. The van der Waals surface area contributed by atoms with Crippen LogP contribution in [0, 0.1) is 11.3 Å². The summed E-state index contributed by atoms with van der Waals surface area (Å²) < 4.78 is 46.1. The molecule has 242 valence electrons. The summed E-state index contributed by atoms with van der Waals surface area (Å²) in [5, 5.41) is 9.31. The Morgan fingerprint density at radius 1 is 1.02 bits per heavy atom. The third kappa shape index (κ3) is 10.9. The van der Waals surface area contributed by atoms with Crippen LogP contribution in [-0.2, 0) is 19.1 Å². The van der Waals surface area contributed by atoms with E-state index in [1.54, 1.807) is 11.0 Å². The highest BCUT2D eigenvalue weighted by atomic mass is 19.4. The smallest absolute Gasteiger partial charge is 0.418 e. The van der Waals surface area contributed by atoms with Gasteiger partial charge in [0.2, 0.25) is 0 Å². The summed E-state index contributed by atoms with van der Waals surface area (Å²) in [7, 11) is 1.47. The minimum Gasteiger partial charge on any atom is -0.467 e. The number of allylic oxidation sites excluding steroid dienone is 1. The molecule has 0 saturated carbocycles. The van der Waals surface area contributed by atoms with E-state index in [2.05, 4.69) is 46.3 Å². The van der Waals surface area contributed by atoms with E-state index in [0.29, 0.717) is 44.7 Å². The Balaban J connectivity index is 0.00000178. The van der Waals surface area contributed by atoms with Crippen molar-refractivity contribution < 1.29 is 17.9 Å². The number of rotatable bonds is 5. The molecule has 0 spiro atoms. The van der Waals surface area contributed by atoms with E-state index in [9.17, 15) is 18.4 Å². The number of hydrogen-bond acceptors (Lipinski definition) is 7. The maximum absolute atomic E-state index is 13.6. The minimum absolute atomic E-state index is 0.0217. The van der Waals surface area contributed by atoms with E-state index in [-0.39, 0.29) is 24.3 Å². The van der Waals surface area contributed by atoms with Crippen molar-refractivity contribution in [3.8, 4) is 12.1 Å². The number of hydrogen-bond donors (Lipinski definition) is 0. The van der Waals surface area contributed by atoms with Crippen LogP contribution in [0.25, 0.3) is 0 Å². The van der Waals surface area contributed by atoms with Gasteiger partial charge in [0.15, 0.2) is 0 Å². The fourth-order valence-corrected chi connectivity index (χ4v) is 4.77. The van der Waals surface area contributed by atoms with E-state index < -0.39 is 11.7 Å². The van der Waals surface area contributed by atoms with Crippen LogP contribution in [0.2, 0.25) is 0 Å². The molecular weight excluding hydrogens is 553 g/mol. The molecule has 1 aromatic heterocycles. The second-order valence-corrected chi connectivity index (χ2v) is 9.24. The van der Waals surface area contributed by atoms with E-state index >= 15 is 0 Å². The van der Waals surface area contributed by atoms with Gasteiger partial charge < -0.3 is 19.4 Å². The number of ether oxygens (including phenoxy) is 1. The first-order valence-corrected chi connectivity index (χ1v) is 15.5. The van der Waals surface area contributed by atoms with Gasteiger partial charge in [-0.2, -0.15) is 28.4 Å². The zero-order valence-electron chi connectivity index (χ0n) is 28.0. The highest BCUT2D eigenvalue weighted by Gasteiger charge is 2.36. The third-order valence-electron chi connectivity index (χ3n) is 6.35. The van der Waals surface area contributed by atoms with Crippen molar-refractivity contribution >= 4 is 11.5 Å². The molecule has 1 fully saturated rings. The first-order chi connectivity index (χ1) is 20.6. The van der Waals surface area contributed by atoms with E-state index in [1.807, 2.05) is 48.5 Å². The number of benzene rings is 1. The normalized spacial score (nSPS) is 15.3. The molecule has 2 aliphatic heterocycles. The van der Waals surface area contributed by atoms with Crippen LogP contribution >= 0.6 is 0 Å². The van der Waals surface area contributed by atoms with Crippen LogP contribution in [0.3, 0.4) is 0 Å². The molecule has 2 aliphatic rings. The van der Waals surface area contributed by atoms with Crippen LogP contribution in [0.15, 0.2) is 36.5 Å². The lowest BCUT2D eigenvalue weighted by Gasteiger charge is -2.43. The lowest BCUT2D eigenvalue weighted by atomic mass is 10.0. The van der Waals surface area contributed by atoms with Gasteiger partial charge in [-0.25, -0.2) is 0 Å². The molecule has 2 aromatic rings. The molecule has 4 rings (SSSR count). The van der Waals surface area contributed by atoms with Crippen molar-refractivity contribution in [3.05, 3.63) is 53.4 Å². The average Bonchev–Trinajstić information content (AvgIpc) is 3.03. The quantitative estimate of drug-likeness (QED) is 0.338. The van der Waals surface area contributed by atoms with Crippen molar-refractivity contribution in [1.29, 1.82) is 5.26 Å². The van der Waals surface area contributed by atoms with Gasteiger partial charge in [0.25, 0.3) is 0 Å². The Bertz CT molecular complexity index is 1130. The molecule has 7 nitrogen and oxygen atoms in total. The standard InChI is InChI=1S/C24H27F3N6O.C3H8.3C2H6/c1-16(2)33-13-12-32(14-17(33)8-10-28)22-18-9-11-31(15-20(18)29-23(30-22)34-3)21-7-5-4-6-19(21)24(25,26)27;1-3-2;3*1-2/h4-7,17H,1,8-9,11-15H2,2-3H3;3H2,1-2H3;3*1-2H3. The Hall–Kier alpha value is -3.48. The number of nitriles is 1. The molecule has 1 atom stereocenters. The van der Waals surface area contributed by atoms with Gasteiger partial charge in [0.1, 0.15) is 5.82 Å². The number of anilines is 2. The maximum atomic E-state index is 13.6. The monoisotopic (exact) mass is 606 g/mol. The van der Waals surface area contributed by atoms with Gasteiger partial charge in [-0.1, -0.05) is 80.5 Å². The van der Waals surface area contributed by atoms with Gasteiger partial charge >= 0.3 is 12.2 Å². The summed E-state index contributed by atoms with van der Waals surface area (Å²) in [5.41, 5.74) is 1.98. The zero-order chi connectivity index (χ0) is 33.2. The molecule has 0 N–H and O–H groups in total. The molecule has 0 bridgehead atoms. The Morgan fingerprint density at radius 2 is 1.63 bits per heavy atom. The summed E-state index contributed by atoms with van der Waals surface area (Å²) in [6.07, 6.45) is -2.33. The molecule has 43 heavy (non-hydrogen) atoms. The molecule has 3 heterocycles. The molecular formula is C33H53F3N6O. The Labute approximate surface area is 258 Å². The highest BCUT2D eigenvalue weighted by Crippen LogP contribution is 2.39. The van der Waals surface area contributed by atoms with Gasteiger partial charge in [-0.15, -0.1) is 0 Å². The number of nitrogens with zero attached hydrogens (tertiary/aromatic N) is 6. The lowest BCUT2D eigenvalue weighted by Crippen LogP contribution is -2.52. The second-order valence-electron chi connectivity index (χ2n) is 9.24. The summed E-state index contributed by atoms with van der Waals surface area (Å²) in [6.45, 7) is 24.8. The van der Waals surface area contributed by atoms with Crippen molar-refractivity contribution in [3.63, 3.8) is 0 Å². The Kier molecular flexibility index (Phi) is 18.8. The van der Waals surface area contributed by atoms with Gasteiger partial charge in [-0.05, 0) is 25.5 Å². The molecule has 10 heteroatoms. The fourth-order valence-electron chi connectivity index (χ4n) is 4.77. The molecule has 0 radical (unpaired) electrons. The van der Waals surface area contributed by atoms with Gasteiger partial charge in [0.05, 0.1) is 43.4 Å². The minimum atomic E-state index is -4.44. The van der Waals surface area contributed by atoms with E-state index in [4.69, 9.17) is 4.74 Å². The molecule has 0 aliphatic carbocycles. The van der Waals surface area contributed by atoms with Crippen molar-refractivity contribution in [1.82, 2.24) is 14.9 Å². The van der Waals surface area contributed by atoms with Gasteiger partial charge in [0, 0.05) is 43.1 Å². The van der Waals surface area contributed by atoms with Gasteiger partial charge in [-0.3, -0.25) is 0 Å². The number of halogens is 3. The number of fused-ring (bicyclic) bond motifs is 1. The van der Waals surface area contributed by atoms with Crippen LogP contribution in [0.5, 0.6) is 6.01 Å². The van der Waals surface area contributed by atoms with Crippen molar-refractivity contribution in [2.45, 2.75) is 100 Å². The largest absolute Gasteiger partial charge is 0.467 e. The number of para-hydroxylation sites is 1. The van der Waals surface area contributed by atoms with Crippen LogP contribution in [-0.4, -0.2) is 54.2 Å². The highest BCUT2D eigenvalue weighted by molar-refractivity contribution is 5.59. The van der Waals surface area contributed by atoms with Crippen LogP contribution in [0.4, 0.5) is 24.7 Å². The summed E-state index contributed by atoms with van der Waals surface area (Å²) in [4.78, 5) is 15.1. The van der Waals surface area contributed by atoms with Crippen LogP contribution in [0.1, 0.15) is 92.0 Å². The first-order valence-electron chi connectivity index (χ1n) is 15.5. The zero-order valence-corrected chi connectivity index (χ0v) is 28.0. The third-order valence-corrected chi connectivity index (χ3v) is 6.35. The number of piperazine rings is 1. The summed E-state index contributed by atoms with van der Waals surface area (Å²) in [5.74, 6) is 0.731. The van der Waals surface area contributed by atoms with Crippen molar-refractivity contribution in [2.24, 2.45) is 0 Å². The van der Waals surface area contributed by atoms with E-state index in [1.165, 1.54) is 25.7 Å². The summed E-state index contributed by atoms with van der Waals surface area (Å²) >= 11 is 0. The number of alkyl halides is 3. The molecule has 0 amide bonds. The molecule has 1 saturated heterocycles. The topological polar surface area (TPSA) is 68.5 Å². The molecule has 1 aromatic carbocycles. The molecule has 1 unspecified atom stereocenters. The van der Waals surface area contributed by atoms with Crippen LogP contribution < -0.4 is 14.5 Å². The number of methoxy groups -OCH3 is 1. The Morgan fingerprint density at radius 3 is 2.16 bits per heavy atom. The first kappa shape index (κ1) is 39.5. The SMILES string of the molecule is C=C(C)N1CCN(c2nc(OC)nc3c2CCN(c2ccccc2C(F)(F)F)C3)CC1CC#N.CC.CC.CC.CCC. The number of aromatic nitrogens is 2. The average molecular weight is 607 g/mol. The van der Waals surface area contributed by atoms with E-state index in [0.717, 1.165) is 23.1 Å². The van der Waals surface area contributed by atoms with Crippen molar-refractivity contribution in [2.75, 3.05) is 43.1 Å². The fraction of sp³-hybridized carbons (Fsp3) is 0.606. The maximum Gasteiger partial charge on any atom is 0.418 e. The predicted octanol–water partition coefficient (Wildman–Crippen LogP) is 8.50.